The van der Waals surface area contributed by atoms with Crippen LogP contribution < -0.4 is 26.2 Å². The number of aryl methyl sites for hydroxylation is 2. The molecule has 0 unspecified atom stereocenters. The third kappa shape index (κ3) is 3.69. The van der Waals surface area contributed by atoms with Gasteiger partial charge in [-0.1, -0.05) is 6.07 Å². The lowest BCUT2D eigenvalue weighted by Crippen LogP contribution is -2.56. The topological polar surface area (TPSA) is 120 Å². The molecule has 1 aliphatic heterocycles. The molecule has 35 heavy (non-hydrogen) atoms. The highest BCUT2D eigenvalue weighted by atomic mass is 19.1. The molecule has 180 valence electrons. The van der Waals surface area contributed by atoms with E-state index in [0.29, 0.717) is 18.8 Å². The van der Waals surface area contributed by atoms with Crippen molar-refractivity contribution in [1.82, 2.24) is 19.3 Å². The number of para-hydroxylation sites is 1. The smallest absolute Gasteiger partial charge is 0.284 e. The molecule has 2 aromatic carbocycles. The summed E-state index contributed by atoms with van der Waals surface area (Å²) < 4.78 is 22.6. The fourth-order valence-corrected chi connectivity index (χ4v) is 4.28. The van der Waals surface area contributed by atoms with Crippen molar-refractivity contribution in [2.24, 2.45) is 12.8 Å². The molecule has 0 bridgehead atoms. The number of rotatable bonds is 5. The van der Waals surface area contributed by atoms with Gasteiger partial charge in [0.2, 0.25) is 0 Å². The van der Waals surface area contributed by atoms with Crippen LogP contribution in [-0.4, -0.2) is 51.5 Å². The first kappa shape index (κ1) is 22.5. The van der Waals surface area contributed by atoms with Gasteiger partial charge >= 0.3 is 0 Å². The third-order valence-electron chi connectivity index (χ3n) is 6.20. The number of methoxy groups -OCH3 is 1. The zero-order valence-electron chi connectivity index (χ0n) is 19.4. The molecule has 10 nitrogen and oxygen atoms in total. The van der Waals surface area contributed by atoms with Crippen LogP contribution in [0.3, 0.4) is 0 Å². The number of imidazole rings is 1. The van der Waals surface area contributed by atoms with E-state index in [1.165, 1.54) is 37.6 Å². The molecule has 1 fully saturated rings. The molecule has 0 saturated carbocycles. The van der Waals surface area contributed by atoms with Crippen molar-refractivity contribution in [3.8, 4) is 11.4 Å². The molecule has 1 amide bonds. The van der Waals surface area contributed by atoms with Crippen LogP contribution in [0, 0.1) is 12.7 Å². The van der Waals surface area contributed by atoms with Crippen molar-refractivity contribution >= 4 is 28.3 Å². The monoisotopic (exact) mass is 477 g/mol. The van der Waals surface area contributed by atoms with Gasteiger partial charge in [-0.3, -0.25) is 9.59 Å². The van der Waals surface area contributed by atoms with Gasteiger partial charge in [0.15, 0.2) is 5.82 Å². The molecule has 0 spiro atoms. The summed E-state index contributed by atoms with van der Waals surface area (Å²) in [5.74, 6) is -0.418. The van der Waals surface area contributed by atoms with E-state index in [1.807, 2.05) is 29.5 Å². The molecule has 3 heterocycles. The van der Waals surface area contributed by atoms with E-state index in [9.17, 15) is 14.0 Å². The Bertz CT molecular complexity index is 1520. The standard InChI is InChI=1S/C24H24FN7O3/c1-13-28-20-18(30(13)2)8-7-17(22(20)31-11-14(26)12-31)29-23(33)15-9-10-27-32(24(15)34)21-16(25)5-4-6-19(21)35-3/h4-10,14H,11-12,26H2,1-3H3,(H,29,33). The molecule has 4 aromatic rings. The fourth-order valence-electron chi connectivity index (χ4n) is 4.28. The number of benzene rings is 2. The number of anilines is 2. The number of hydrogen-bond acceptors (Lipinski definition) is 7. The summed E-state index contributed by atoms with van der Waals surface area (Å²) in [7, 11) is 3.28. The van der Waals surface area contributed by atoms with Crippen LogP contribution in [0.5, 0.6) is 5.75 Å². The van der Waals surface area contributed by atoms with Gasteiger partial charge < -0.3 is 25.3 Å². The number of fused-ring (bicyclic) bond motifs is 1. The maximum atomic E-state index is 14.6. The van der Waals surface area contributed by atoms with Gasteiger partial charge in [0.25, 0.3) is 11.5 Å². The maximum absolute atomic E-state index is 14.6. The lowest BCUT2D eigenvalue weighted by atomic mass is 10.1. The normalized spacial score (nSPS) is 13.7. The molecule has 0 atom stereocenters. The van der Waals surface area contributed by atoms with Crippen molar-refractivity contribution in [1.29, 1.82) is 0 Å². The summed E-state index contributed by atoms with van der Waals surface area (Å²) in [4.78, 5) is 33.2. The highest BCUT2D eigenvalue weighted by Crippen LogP contribution is 2.37. The number of halogens is 1. The minimum Gasteiger partial charge on any atom is -0.494 e. The number of hydrogen-bond donors (Lipinski definition) is 2. The Kier molecular flexibility index (Phi) is 5.48. The van der Waals surface area contributed by atoms with Gasteiger partial charge in [-0.05, 0) is 37.3 Å². The van der Waals surface area contributed by atoms with E-state index in [0.717, 1.165) is 27.2 Å². The lowest BCUT2D eigenvalue weighted by molar-refractivity contribution is 0.102. The minimum atomic E-state index is -0.782. The Morgan fingerprint density at radius 2 is 1.97 bits per heavy atom. The van der Waals surface area contributed by atoms with E-state index in [2.05, 4.69) is 15.4 Å². The van der Waals surface area contributed by atoms with Crippen molar-refractivity contribution in [2.45, 2.75) is 13.0 Å². The minimum absolute atomic E-state index is 0.0294. The second-order valence-corrected chi connectivity index (χ2v) is 8.42. The fraction of sp³-hybridized carbons (Fsp3) is 0.250. The molecule has 0 radical (unpaired) electrons. The number of nitrogens with two attached hydrogens (primary N) is 1. The van der Waals surface area contributed by atoms with Crippen LogP contribution in [0.2, 0.25) is 0 Å². The molecule has 1 saturated heterocycles. The molecule has 0 aliphatic carbocycles. The number of amides is 1. The maximum Gasteiger partial charge on any atom is 0.284 e. The van der Waals surface area contributed by atoms with Crippen molar-refractivity contribution in [3.63, 3.8) is 0 Å². The summed E-state index contributed by atoms with van der Waals surface area (Å²) in [5, 5.41) is 6.80. The van der Waals surface area contributed by atoms with Crippen LogP contribution >= 0.6 is 0 Å². The molecule has 5 rings (SSSR count). The van der Waals surface area contributed by atoms with E-state index in [-0.39, 0.29) is 23.0 Å². The number of nitrogens with zero attached hydrogens (tertiary/aromatic N) is 5. The zero-order valence-corrected chi connectivity index (χ0v) is 19.4. The number of carbonyl (C=O) groups is 1. The van der Waals surface area contributed by atoms with Crippen molar-refractivity contribution in [3.05, 3.63) is 70.2 Å². The van der Waals surface area contributed by atoms with E-state index >= 15 is 0 Å². The number of nitrogens with one attached hydrogen (secondary N) is 1. The molecular weight excluding hydrogens is 453 g/mol. The van der Waals surface area contributed by atoms with Crippen LogP contribution in [0.4, 0.5) is 15.8 Å². The molecule has 2 aromatic heterocycles. The average molecular weight is 478 g/mol. The molecular formula is C24H24FN7O3. The van der Waals surface area contributed by atoms with Gasteiger partial charge in [-0.25, -0.2) is 9.37 Å². The second kappa shape index (κ2) is 8.51. The average Bonchev–Trinajstić information content (AvgIpc) is 3.11. The highest BCUT2D eigenvalue weighted by Gasteiger charge is 2.29. The predicted molar refractivity (Wildman–Crippen MR) is 130 cm³/mol. The Hall–Kier alpha value is -4.25. The Morgan fingerprint density at radius 3 is 2.69 bits per heavy atom. The second-order valence-electron chi connectivity index (χ2n) is 8.42. The summed E-state index contributed by atoms with van der Waals surface area (Å²) in [6.45, 7) is 3.14. The lowest BCUT2D eigenvalue weighted by Gasteiger charge is -2.39. The van der Waals surface area contributed by atoms with Crippen LogP contribution in [0.1, 0.15) is 16.2 Å². The van der Waals surface area contributed by atoms with Gasteiger partial charge in [0.1, 0.15) is 28.3 Å². The number of ether oxygens (including phenoxy) is 1. The van der Waals surface area contributed by atoms with Crippen LogP contribution in [0.15, 0.2) is 47.4 Å². The number of carbonyl (C=O) groups excluding carboxylic acids is 1. The predicted octanol–water partition coefficient (Wildman–Crippen LogP) is 1.97. The summed E-state index contributed by atoms with van der Waals surface area (Å²) >= 11 is 0. The van der Waals surface area contributed by atoms with Gasteiger partial charge in [0.05, 0.1) is 24.0 Å². The summed E-state index contributed by atoms with van der Waals surface area (Å²) in [6.07, 6.45) is 1.27. The largest absolute Gasteiger partial charge is 0.494 e. The Morgan fingerprint density at radius 1 is 1.20 bits per heavy atom. The Balaban J connectivity index is 1.57. The first-order valence-corrected chi connectivity index (χ1v) is 11.0. The van der Waals surface area contributed by atoms with Crippen LogP contribution in [-0.2, 0) is 7.05 Å². The molecule has 3 N–H and O–H groups in total. The van der Waals surface area contributed by atoms with Gasteiger partial charge in [-0.2, -0.15) is 9.78 Å². The highest BCUT2D eigenvalue weighted by molar-refractivity contribution is 6.09. The van der Waals surface area contributed by atoms with Crippen molar-refractivity contribution in [2.75, 3.05) is 30.4 Å². The summed E-state index contributed by atoms with van der Waals surface area (Å²) in [6, 6.07) is 9.12. The van der Waals surface area contributed by atoms with E-state index < -0.39 is 17.3 Å². The molecule has 1 aliphatic rings. The molecule has 11 heteroatoms. The third-order valence-corrected chi connectivity index (χ3v) is 6.20. The number of aromatic nitrogens is 4. The summed E-state index contributed by atoms with van der Waals surface area (Å²) in [5.41, 5.74) is 7.74. The zero-order chi connectivity index (χ0) is 24.9. The Labute approximate surface area is 199 Å². The van der Waals surface area contributed by atoms with Crippen molar-refractivity contribution < 1.29 is 13.9 Å². The van der Waals surface area contributed by atoms with E-state index in [1.54, 1.807) is 6.07 Å². The SMILES string of the molecule is COc1cccc(F)c1-n1nccc(C(=O)Nc2ccc3c(nc(C)n3C)c2N2CC(N)C2)c1=O. The van der Waals surface area contributed by atoms with Gasteiger partial charge in [0, 0.05) is 32.4 Å². The van der Waals surface area contributed by atoms with Crippen LogP contribution in [0.25, 0.3) is 16.7 Å². The van der Waals surface area contributed by atoms with Gasteiger partial charge in [-0.15, -0.1) is 0 Å². The first-order valence-electron chi connectivity index (χ1n) is 11.0. The first-order chi connectivity index (χ1) is 16.8. The quantitative estimate of drug-likeness (QED) is 0.451. The van der Waals surface area contributed by atoms with E-state index in [4.69, 9.17) is 10.5 Å².